The molecule has 19 heteroatoms. The Balaban J connectivity index is 1.30. The molecule has 0 bridgehead atoms. The van der Waals surface area contributed by atoms with Crippen molar-refractivity contribution >= 4 is 47.7 Å². The first-order valence-electron chi connectivity index (χ1n) is 12.2. The lowest BCUT2D eigenvalue weighted by atomic mass is 9.87. The zero-order valence-corrected chi connectivity index (χ0v) is 22.7. The van der Waals surface area contributed by atoms with Gasteiger partial charge in [-0.05, 0) is 24.5 Å². The fourth-order valence-corrected chi connectivity index (χ4v) is 6.50. The van der Waals surface area contributed by atoms with Gasteiger partial charge in [-0.1, -0.05) is 24.4 Å². The van der Waals surface area contributed by atoms with Gasteiger partial charge < -0.3 is 31.6 Å². The molecule has 0 aliphatic carbocycles. The van der Waals surface area contributed by atoms with E-state index in [4.69, 9.17) is 25.3 Å². The van der Waals surface area contributed by atoms with Crippen molar-refractivity contribution in [3.63, 3.8) is 0 Å². The number of aliphatic imine (C=N–C) groups is 1. The number of H-pyrrole nitrogens is 1. The van der Waals surface area contributed by atoms with Crippen LogP contribution < -0.4 is 22.3 Å². The summed E-state index contributed by atoms with van der Waals surface area (Å²) in [7, 11) is 0. The number of fused-ring (bicyclic) bond motifs is 3. The van der Waals surface area contributed by atoms with Crippen LogP contribution in [-0.4, -0.2) is 65.6 Å². The fraction of sp³-hybridized carbons (Fsp3) is 0.476. The SMILES string of the molecule is CC1CC2C=C(n3ccc4c(=O)[nH]cnc43)O[C@@H]2COP(=O)(S)O[C@@H]([C@@H](O)n2nnc3c2N=C(N)NC3N)[C@H]1F. The van der Waals surface area contributed by atoms with Crippen LogP contribution in [0.1, 0.15) is 31.4 Å². The van der Waals surface area contributed by atoms with Gasteiger partial charge in [-0.25, -0.2) is 13.9 Å². The molecule has 0 radical (unpaired) electrons. The van der Waals surface area contributed by atoms with Gasteiger partial charge in [0.15, 0.2) is 29.5 Å². The van der Waals surface area contributed by atoms with Gasteiger partial charge in [0.25, 0.3) is 5.56 Å². The molecule has 0 aromatic carbocycles. The number of nitrogens with one attached hydrogen (secondary N) is 2. The maximum absolute atomic E-state index is 16.1. The summed E-state index contributed by atoms with van der Waals surface area (Å²) in [4.78, 5) is 22.9. The quantitative estimate of drug-likeness (QED) is 0.181. The number of nitrogens with two attached hydrogens (primary N) is 2. The summed E-state index contributed by atoms with van der Waals surface area (Å²) in [5.74, 6) is -0.831. The third-order valence-electron chi connectivity index (χ3n) is 7.05. The van der Waals surface area contributed by atoms with Gasteiger partial charge in [-0.2, -0.15) is 9.67 Å². The number of alkyl halides is 1. The summed E-state index contributed by atoms with van der Waals surface area (Å²) >= 11 is 4.02. The van der Waals surface area contributed by atoms with E-state index in [1.54, 1.807) is 29.8 Å². The molecule has 0 saturated carbocycles. The largest absolute Gasteiger partial charge is 0.472 e. The van der Waals surface area contributed by atoms with E-state index in [2.05, 4.69) is 42.8 Å². The maximum Gasteiger partial charge on any atom is 0.386 e. The summed E-state index contributed by atoms with van der Waals surface area (Å²) in [6.45, 7) is -2.83. The molecule has 40 heavy (non-hydrogen) atoms. The Kier molecular flexibility index (Phi) is 6.71. The van der Waals surface area contributed by atoms with Gasteiger partial charge in [0, 0.05) is 12.1 Å². The molecule has 4 unspecified atom stereocenters. The van der Waals surface area contributed by atoms with Gasteiger partial charge in [0.2, 0.25) is 0 Å². The van der Waals surface area contributed by atoms with Crippen molar-refractivity contribution in [2.24, 2.45) is 28.3 Å². The van der Waals surface area contributed by atoms with Crippen molar-refractivity contribution in [2.75, 3.05) is 6.61 Å². The molecule has 214 valence electrons. The van der Waals surface area contributed by atoms with Crippen molar-refractivity contribution in [2.45, 2.75) is 44.1 Å². The van der Waals surface area contributed by atoms with Crippen molar-refractivity contribution in [3.8, 4) is 0 Å². The molecule has 3 aliphatic heterocycles. The first-order chi connectivity index (χ1) is 19.0. The first-order valence-corrected chi connectivity index (χ1v) is 14.9. The second-order valence-corrected chi connectivity index (χ2v) is 12.6. The Morgan fingerprint density at radius 2 is 2.20 bits per heavy atom. The topological polar surface area (TPSA) is 223 Å². The van der Waals surface area contributed by atoms with Crippen molar-refractivity contribution in [1.29, 1.82) is 0 Å². The highest BCUT2D eigenvalue weighted by atomic mass is 32.7. The molecule has 8 atom stereocenters. The first kappa shape index (κ1) is 26.9. The highest BCUT2D eigenvalue weighted by Gasteiger charge is 2.45. The molecule has 7 N–H and O–H groups in total. The van der Waals surface area contributed by atoms with E-state index in [1.807, 2.05) is 0 Å². The molecular weight excluding hydrogens is 570 g/mol. The molecule has 3 aromatic heterocycles. The number of ether oxygens (including phenoxy) is 1. The average Bonchev–Trinajstić information content (AvgIpc) is 3.62. The van der Waals surface area contributed by atoms with Crippen molar-refractivity contribution < 1.29 is 27.8 Å². The Morgan fingerprint density at radius 1 is 1.40 bits per heavy atom. The summed E-state index contributed by atoms with van der Waals surface area (Å²) in [5, 5.41) is 22.0. The summed E-state index contributed by atoms with van der Waals surface area (Å²) in [6.07, 6.45) is -2.04. The van der Waals surface area contributed by atoms with Gasteiger partial charge in [0.1, 0.15) is 30.2 Å². The predicted molar refractivity (Wildman–Crippen MR) is 142 cm³/mol. The second kappa shape index (κ2) is 9.97. The van der Waals surface area contributed by atoms with Gasteiger partial charge in [-0.3, -0.25) is 18.4 Å². The van der Waals surface area contributed by atoms with E-state index in [9.17, 15) is 14.5 Å². The molecule has 0 amide bonds. The standard InChI is InChI=1S/C21H26FN10O6PS/c1-8-4-9-5-12(31-3-2-10-17(31)25-7-26-19(10)33)37-11(9)6-36-39(35,40)38-15(13(8)22)20(34)32-18-14(29-30-32)16(23)27-21(24)28-18/h2-3,5,7-9,11,13,15-16,20,34H,4,6,23H2,1H3,(H,35,40)(H3,24,27,28)(H,25,26,33)/t8?,9?,11-,13+,15-,16?,20-,39?/m1/s1. The van der Waals surface area contributed by atoms with Crippen LogP contribution in [0, 0.1) is 11.8 Å². The zero-order chi connectivity index (χ0) is 28.3. The molecule has 0 spiro atoms. The van der Waals surface area contributed by atoms with E-state index < -0.39 is 43.5 Å². The number of hydrogen-bond donors (Lipinski definition) is 6. The fourth-order valence-electron chi connectivity index (χ4n) is 5.04. The Hall–Kier alpha value is -3.28. The van der Waals surface area contributed by atoms with E-state index in [0.717, 1.165) is 4.68 Å². The van der Waals surface area contributed by atoms with Gasteiger partial charge in [0.05, 0.1) is 18.3 Å². The Labute approximate surface area is 230 Å². The number of halogens is 1. The molecule has 16 nitrogen and oxygen atoms in total. The van der Waals surface area contributed by atoms with Crippen LogP contribution >= 0.6 is 19.0 Å². The predicted octanol–water partition coefficient (Wildman–Crippen LogP) is 0.645. The highest BCUT2D eigenvalue weighted by molar-refractivity contribution is 8.44. The van der Waals surface area contributed by atoms with Crippen LogP contribution in [0.2, 0.25) is 0 Å². The van der Waals surface area contributed by atoms with E-state index in [1.165, 1.54) is 6.33 Å². The zero-order valence-electron chi connectivity index (χ0n) is 20.9. The van der Waals surface area contributed by atoms with Crippen LogP contribution in [0.3, 0.4) is 0 Å². The number of hydrogen-bond acceptors (Lipinski definition) is 13. The maximum atomic E-state index is 16.1. The molecule has 3 aromatic rings. The summed E-state index contributed by atoms with van der Waals surface area (Å²) < 4.78 is 48.8. The van der Waals surface area contributed by atoms with E-state index >= 15 is 4.39 Å². The summed E-state index contributed by atoms with van der Waals surface area (Å²) in [6, 6.07) is 1.60. The van der Waals surface area contributed by atoms with Crippen LogP contribution in [0.25, 0.3) is 16.9 Å². The number of thiol groups is 1. The summed E-state index contributed by atoms with van der Waals surface area (Å²) in [5.41, 5.74) is 11.9. The van der Waals surface area contributed by atoms with Gasteiger partial charge in [-0.15, -0.1) is 5.10 Å². The lowest BCUT2D eigenvalue weighted by molar-refractivity contribution is -0.0819. The Bertz CT molecular complexity index is 1620. The minimum absolute atomic E-state index is 0.00469. The molecular formula is C21H26FN10O6PS. The lowest BCUT2D eigenvalue weighted by Crippen LogP contribution is -2.42. The molecule has 1 fully saturated rings. The van der Waals surface area contributed by atoms with Crippen molar-refractivity contribution in [3.05, 3.63) is 40.7 Å². The van der Waals surface area contributed by atoms with Crippen LogP contribution in [0.4, 0.5) is 10.2 Å². The number of aromatic amines is 1. The molecule has 3 aliphatic rings. The highest BCUT2D eigenvalue weighted by Crippen LogP contribution is 2.57. The smallest absolute Gasteiger partial charge is 0.386 e. The number of nitrogens with zero attached hydrogens (tertiary/aromatic N) is 6. The number of aromatic nitrogens is 6. The lowest BCUT2D eigenvalue weighted by Gasteiger charge is -2.34. The normalized spacial score (nSPS) is 33.2. The minimum Gasteiger partial charge on any atom is -0.472 e. The Morgan fingerprint density at radius 3 is 3.00 bits per heavy atom. The molecule has 1 saturated heterocycles. The minimum atomic E-state index is -4.24. The number of guanidine groups is 1. The second-order valence-electron chi connectivity index (χ2n) is 9.75. The van der Waals surface area contributed by atoms with Gasteiger partial charge >= 0.3 is 6.80 Å². The number of rotatable bonds is 3. The third-order valence-corrected chi connectivity index (χ3v) is 8.67. The average molecular weight is 597 g/mol. The van der Waals surface area contributed by atoms with E-state index in [-0.39, 0.29) is 42.0 Å². The number of aliphatic hydroxyl groups is 1. The monoisotopic (exact) mass is 596 g/mol. The molecule has 6 rings (SSSR count). The third kappa shape index (κ3) is 4.69. The van der Waals surface area contributed by atoms with Crippen LogP contribution in [0.15, 0.2) is 34.5 Å². The van der Waals surface area contributed by atoms with Crippen LogP contribution in [0.5, 0.6) is 0 Å². The molecule has 6 heterocycles. The number of aliphatic hydroxyl groups excluding tert-OH is 1. The van der Waals surface area contributed by atoms with E-state index in [0.29, 0.717) is 16.9 Å². The van der Waals surface area contributed by atoms with Crippen LogP contribution in [-0.2, 0) is 18.3 Å². The van der Waals surface area contributed by atoms with Crippen molar-refractivity contribution in [1.82, 2.24) is 34.8 Å².